The third-order valence-electron chi connectivity index (χ3n) is 6.32. The van der Waals surface area contributed by atoms with Gasteiger partial charge < -0.3 is 0 Å². The molecule has 0 aliphatic rings. The molecule has 0 aliphatic carbocycles. The van der Waals surface area contributed by atoms with Crippen molar-refractivity contribution in [1.82, 2.24) is 33.7 Å². The Balaban J connectivity index is 1.55. The molecule has 11 heteroatoms. The lowest BCUT2D eigenvalue weighted by atomic mass is 9.96. The van der Waals surface area contributed by atoms with Gasteiger partial charge in [-0.15, -0.1) is 5.10 Å². The van der Waals surface area contributed by atoms with Gasteiger partial charge in [-0.1, -0.05) is 59.6 Å². The number of hydrogen-bond acceptors (Lipinski definition) is 5. The molecule has 0 radical (unpaired) electrons. The van der Waals surface area contributed by atoms with E-state index in [2.05, 4.69) is 10.1 Å². The standard InChI is InChI=1S/C27H19Cl2N7O2/c1-33-26(37)24(19-6-10-21(29)11-7-19)23(18-4-8-20(28)9-5-18)25-32-34(27(38)36(25)33)14-17-2-12-22(13-3-17)35-16-30-15-31-35/h2-13,15-16H,14H2,1H3. The first kappa shape index (κ1) is 23.9. The van der Waals surface area contributed by atoms with Crippen molar-refractivity contribution < 1.29 is 0 Å². The molecule has 9 nitrogen and oxygen atoms in total. The molecule has 0 amide bonds. The molecule has 3 heterocycles. The highest BCUT2D eigenvalue weighted by Crippen LogP contribution is 2.33. The lowest BCUT2D eigenvalue weighted by Crippen LogP contribution is -2.33. The van der Waals surface area contributed by atoms with Crippen molar-refractivity contribution in [3.05, 3.63) is 122 Å². The average molecular weight is 544 g/mol. The van der Waals surface area contributed by atoms with Crippen molar-refractivity contribution >= 4 is 28.8 Å². The number of rotatable bonds is 5. The van der Waals surface area contributed by atoms with E-state index in [9.17, 15) is 9.59 Å². The highest BCUT2D eigenvalue weighted by atomic mass is 35.5. The van der Waals surface area contributed by atoms with Crippen molar-refractivity contribution in [2.45, 2.75) is 6.54 Å². The van der Waals surface area contributed by atoms with Gasteiger partial charge in [0.15, 0.2) is 5.65 Å². The molecule has 0 saturated heterocycles. The number of aromatic nitrogens is 7. The summed E-state index contributed by atoms with van der Waals surface area (Å²) in [5.41, 5.74) is 3.58. The van der Waals surface area contributed by atoms with Crippen molar-refractivity contribution in [2.24, 2.45) is 7.05 Å². The molecule has 188 valence electrons. The van der Waals surface area contributed by atoms with E-state index in [1.54, 1.807) is 54.5 Å². The Morgan fingerprint density at radius 1 is 0.789 bits per heavy atom. The van der Waals surface area contributed by atoms with Crippen LogP contribution >= 0.6 is 23.2 Å². The van der Waals surface area contributed by atoms with Crippen molar-refractivity contribution in [3.8, 4) is 27.9 Å². The van der Waals surface area contributed by atoms with Gasteiger partial charge in [0.25, 0.3) is 5.56 Å². The molecular weight excluding hydrogens is 525 g/mol. The summed E-state index contributed by atoms with van der Waals surface area (Å²) in [6.45, 7) is 0.211. The number of fused-ring (bicyclic) bond motifs is 1. The quantitative estimate of drug-likeness (QED) is 0.320. The molecule has 0 N–H and O–H groups in total. The lowest BCUT2D eigenvalue weighted by Gasteiger charge is -2.13. The molecule has 0 atom stereocenters. The predicted octanol–water partition coefficient (Wildman–Crippen LogP) is 4.46. The van der Waals surface area contributed by atoms with E-state index >= 15 is 0 Å². The second kappa shape index (κ2) is 9.44. The summed E-state index contributed by atoms with van der Waals surface area (Å²) >= 11 is 12.3. The fraction of sp³-hybridized carbons (Fsp3) is 0.0741. The van der Waals surface area contributed by atoms with Gasteiger partial charge in [0.1, 0.15) is 12.7 Å². The lowest BCUT2D eigenvalue weighted by molar-refractivity contribution is 0.600. The summed E-state index contributed by atoms with van der Waals surface area (Å²) < 4.78 is 5.59. The van der Waals surface area contributed by atoms with Gasteiger partial charge >= 0.3 is 5.69 Å². The van der Waals surface area contributed by atoms with Crippen molar-refractivity contribution in [3.63, 3.8) is 0 Å². The summed E-state index contributed by atoms with van der Waals surface area (Å²) in [6, 6.07) is 21.7. The van der Waals surface area contributed by atoms with E-state index in [0.29, 0.717) is 37.9 Å². The van der Waals surface area contributed by atoms with Crippen molar-refractivity contribution in [1.29, 1.82) is 0 Å². The maximum atomic E-state index is 13.7. The van der Waals surface area contributed by atoms with Crippen LogP contribution in [0.25, 0.3) is 33.6 Å². The predicted molar refractivity (Wildman–Crippen MR) is 146 cm³/mol. The molecule has 0 saturated carbocycles. The maximum Gasteiger partial charge on any atom is 0.365 e. The van der Waals surface area contributed by atoms with E-state index in [1.807, 2.05) is 36.4 Å². The molecule has 38 heavy (non-hydrogen) atoms. The summed E-state index contributed by atoms with van der Waals surface area (Å²) in [4.78, 5) is 31.2. The molecule has 6 rings (SSSR count). The van der Waals surface area contributed by atoms with Crippen LogP contribution in [0.5, 0.6) is 0 Å². The average Bonchev–Trinajstić information content (AvgIpc) is 3.57. The van der Waals surface area contributed by atoms with E-state index < -0.39 is 5.69 Å². The van der Waals surface area contributed by atoms with Crippen LogP contribution < -0.4 is 11.2 Å². The number of aryl methyl sites for hydroxylation is 1. The van der Waals surface area contributed by atoms with Crippen LogP contribution in [-0.2, 0) is 13.6 Å². The number of hydrogen-bond donors (Lipinski definition) is 0. The zero-order valence-corrected chi connectivity index (χ0v) is 21.5. The normalized spacial score (nSPS) is 11.3. The van der Waals surface area contributed by atoms with Crippen LogP contribution in [-0.4, -0.2) is 33.7 Å². The maximum absolute atomic E-state index is 13.7. The first-order chi connectivity index (χ1) is 18.4. The zero-order chi connectivity index (χ0) is 26.4. The van der Waals surface area contributed by atoms with E-state index in [4.69, 9.17) is 28.3 Å². The molecule has 0 spiro atoms. The van der Waals surface area contributed by atoms with Crippen LogP contribution in [0.2, 0.25) is 10.0 Å². The van der Waals surface area contributed by atoms with Crippen molar-refractivity contribution in [2.75, 3.05) is 0 Å². The van der Waals surface area contributed by atoms with Gasteiger partial charge in [-0.3, -0.25) is 4.79 Å². The van der Waals surface area contributed by atoms with Gasteiger partial charge in [0.2, 0.25) is 0 Å². The van der Waals surface area contributed by atoms with Gasteiger partial charge in [0.05, 0.1) is 17.8 Å². The molecule has 0 fully saturated rings. The Morgan fingerprint density at radius 2 is 1.39 bits per heavy atom. The minimum absolute atomic E-state index is 0.211. The van der Waals surface area contributed by atoms with Crippen LogP contribution in [0, 0.1) is 0 Å². The zero-order valence-electron chi connectivity index (χ0n) is 20.0. The Kier molecular flexibility index (Phi) is 5.94. The molecular formula is C27H19Cl2N7O2. The second-order valence-corrected chi connectivity index (χ2v) is 9.55. The Hall–Kier alpha value is -4.47. The Labute approximate surface area is 225 Å². The summed E-state index contributed by atoms with van der Waals surface area (Å²) in [6.07, 6.45) is 3.07. The fourth-order valence-electron chi connectivity index (χ4n) is 4.44. The van der Waals surface area contributed by atoms with Crippen LogP contribution in [0.4, 0.5) is 0 Å². The smallest absolute Gasteiger partial charge is 0.267 e. The Morgan fingerprint density at radius 3 is 1.97 bits per heavy atom. The minimum Gasteiger partial charge on any atom is -0.267 e. The third-order valence-corrected chi connectivity index (χ3v) is 6.82. The number of halogens is 2. The monoisotopic (exact) mass is 543 g/mol. The van der Waals surface area contributed by atoms with Crippen LogP contribution in [0.3, 0.4) is 0 Å². The van der Waals surface area contributed by atoms with Gasteiger partial charge in [-0.25, -0.2) is 23.8 Å². The minimum atomic E-state index is -0.433. The highest BCUT2D eigenvalue weighted by molar-refractivity contribution is 6.31. The van der Waals surface area contributed by atoms with Crippen LogP contribution in [0.15, 0.2) is 95.0 Å². The molecule has 0 bridgehead atoms. The number of benzene rings is 3. The SMILES string of the molecule is Cn1c(=O)c(-c2ccc(Cl)cc2)c(-c2ccc(Cl)cc2)c2nn(Cc3ccc(-n4cncn4)cc3)c(=O)n21. The van der Waals surface area contributed by atoms with Gasteiger partial charge in [-0.05, 0) is 53.1 Å². The summed E-state index contributed by atoms with van der Waals surface area (Å²) in [5, 5.41) is 9.94. The number of nitrogens with zero attached hydrogens (tertiary/aromatic N) is 7. The van der Waals surface area contributed by atoms with E-state index in [0.717, 1.165) is 11.3 Å². The van der Waals surface area contributed by atoms with Crippen LogP contribution in [0.1, 0.15) is 5.56 Å². The first-order valence-corrected chi connectivity index (χ1v) is 12.3. The summed E-state index contributed by atoms with van der Waals surface area (Å²) in [7, 11) is 1.56. The molecule has 0 aliphatic heterocycles. The topological polar surface area (TPSA) is 92.0 Å². The van der Waals surface area contributed by atoms with E-state index in [1.165, 1.54) is 20.2 Å². The highest BCUT2D eigenvalue weighted by Gasteiger charge is 2.23. The molecule has 3 aromatic carbocycles. The third kappa shape index (κ3) is 4.11. The van der Waals surface area contributed by atoms with Gasteiger partial charge in [0, 0.05) is 22.7 Å². The first-order valence-electron chi connectivity index (χ1n) is 11.6. The van der Waals surface area contributed by atoms with E-state index in [-0.39, 0.29) is 12.1 Å². The summed E-state index contributed by atoms with van der Waals surface area (Å²) in [5.74, 6) is 0. The molecule has 3 aromatic heterocycles. The molecule has 0 unspecified atom stereocenters. The fourth-order valence-corrected chi connectivity index (χ4v) is 4.69. The largest absolute Gasteiger partial charge is 0.365 e. The Bertz CT molecular complexity index is 1890. The molecule has 6 aromatic rings. The second-order valence-electron chi connectivity index (χ2n) is 8.67. The van der Waals surface area contributed by atoms with Gasteiger partial charge in [-0.2, -0.15) is 9.61 Å².